The van der Waals surface area contributed by atoms with Gasteiger partial charge in [-0.1, -0.05) is 10.3 Å². The van der Waals surface area contributed by atoms with Crippen molar-refractivity contribution in [3.8, 4) is 0 Å². The van der Waals surface area contributed by atoms with Crippen LogP contribution in [0.25, 0.3) is 0 Å². The fraction of sp³-hybridized carbons (Fsp3) is 0.500. The van der Waals surface area contributed by atoms with Gasteiger partial charge < -0.3 is 20.8 Å². The zero-order valence-corrected chi connectivity index (χ0v) is 8.61. The molecule has 1 rings (SSSR count). The van der Waals surface area contributed by atoms with Gasteiger partial charge in [-0.25, -0.2) is 0 Å². The Balaban J connectivity index is 2.51. The van der Waals surface area contributed by atoms with E-state index in [0.29, 0.717) is 5.76 Å². The van der Waals surface area contributed by atoms with Crippen molar-refractivity contribution in [1.82, 2.24) is 10.5 Å². The van der Waals surface area contributed by atoms with E-state index in [4.69, 9.17) is 10.9 Å². The Morgan fingerprint density at radius 1 is 1.65 bits per heavy atom. The standard InChI is InChI=1S/C8H11F3N4O2/c9-8(10,11)6(7(12)15-16)4-13-3-5-1-2-14-17-5/h1-2,6,13,16H,3-4H2,(H2,12,15). The topological polar surface area (TPSA) is 96.7 Å². The van der Waals surface area contributed by atoms with Gasteiger partial charge in [-0.05, 0) is 0 Å². The lowest BCUT2D eigenvalue weighted by molar-refractivity contribution is -0.155. The van der Waals surface area contributed by atoms with Crippen LogP contribution in [-0.4, -0.2) is 28.9 Å². The van der Waals surface area contributed by atoms with Crippen LogP contribution in [0, 0.1) is 5.92 Å². The maximum atomic E-state index is 12.5. The number of amidine groups is 1. The number of rotatable bonds is 5. The number of hydrogen-bond donors (Lipinski definition) is 3. The van der Waals surface area contributed by atoms with E-state index < -0.39 is 24.5 Å². The summed E-state index contributed by atoms with van der Waals surface area (Å²) in [6.45, 7) is -0.439. The molecule has 0 spiro atoms. The highest BCUT2D eigenvalue weighted by atomic mass is 19.4. The molecule has 1 heterocycles. The van der Waals surface area contributed by atoms with Crippen LogP contribution in [0.2, 0.25) is 0 Å². The first-order chi connectivity index (χ1) is 7.95. The Hall–Kier alpha value is -1.77. The maximum Gasteiger partial charge on any atom is 0.400 e. The summed E-state index contributed by atoms with van der Waals surface area (Å²) in [6, 6.07) is 1.51. The quantitative estimate of drug-likeness (QED) is 0.310. The molecule has 1 aromatic heterocycles. The molecular formula is C8H11F3N4O2. The molecule has 9 heteroatoms. The van der Waals surface area contributed by atoms with E-state index in [0.717, 1.165) is 0 Å². The minimum Gasteiger partial charge on any atom is -0.409 e. The first-order valence-corrected chi connectivity index (χ1v) is 4.59. The second-order valence-corrected chi connectivity index (χ2v) is 3.23. The molecule has 1 aromatic rings. The number of aromatic nitrogens is 1. The highest BCUT2D eigenvalue weighted by molar-refractivity contribution is 5.83. The summed E-state index contributed by atoms with van der Waals surface area (Å²) in [7, 11) is 0. The number of nitrogens with one attached hydrogen (secondary N) is 1. The summed E-state index contributed by atoms with van der Waals surface area (Å²) in [5.41, 5.74) is 4.97. The second-order valence-electron chi connectivity index (χ2n) is 3.23. The summed E-state index contributed by atoms with van der Waals surface area (Å²) in [6.07, 6.45) is -3.20. The Kier molecular flexibility index (Phi) is 4.32. The van der Waals surface area contributed by atoms with Crippen LogP contribution < -0.4 is 11.1 Å². The van der Waals surface area contributed by atoms with E-state index in [1.165, 1.54) is 12.3 Å². The molecule has 0 amide bonds. The fourth-order valence-electron chi connectivity index (χ4n) is 1.13. The number of nitrogens with zero attached hydrogens (tertiary/aromatic N) is 2. The molecule has 17 heavy (non-hydrogen) atoms. The molecule has 0 aromatic carbocycles. The van der Waals surface area contributed by atoms with Crippen LogP contribution in [-0.2, 0) is 6.54 Å². The van der Waals surface area contributed by atoms with Crippen molar-refractivity contribution < 1.29 is 22.9 Å². The molecule has 1 atom stereocenters. The summed E-state index contributed by atoms with van der Waals surface area (Å²) >= 11 is 0. The molecule has 0 radical (unpaired) electrons. The predicted octanol–water partition coefficient (Wildman–Crippen LogP) is 0.689. The minimum atomic E-state index is -4.58. The van der Waals surface area contributed by atoms with E-state index in [9.17, 15) is 13.2 Å². The Morgan fingerprint density at radius 3 is 2.82 bits per heavy atom. The number of alkyl halides is 3. The van der Waals surface area contributed by atoms with Crippen molar-refractivity contribution in [1.29, 1.82) is 0 Å². The van der Waals surface area contributed by atoms with Crippen LogP contribution >= 0.6 is 0 Å². The first-order valence-electron chi connectivity index (χ1n) is 4.59. The smallest absolute Gasteiger partial charge is 0.400 e. The van der Waals surface area contributed by atoms with Gasteiger partial charge in [0.15, 0.2) is 5.84 Å². The van der Waals surface area contributed by atoms with Gasteiger partial charge in [0.25, 0.3) is 0 Å². The first kappa shape index (κ1) is 13.3. The van der Waals surface area contributed by atoms with Crippen molar-refractivity contribution in [2.24, 2.45) is 16.8 Å². The molecular weight excluding hydrogens is 241 g/mol. The molecule has 0 saturated carbocycles. The fourth-order valence-corrected chi connectivity index (χ4v) is 1.13. The second kappa shape index (κ2) is 5.53. The van der Waals surface area contributed by atoms with Gasteiger partial charge in [0, 0.05) is 12.6 Å². The van der Waals surface area contributed by atoms with Crippen LogP contribution in [0.5, 0.6) is 0 Å². The molecule has 0 bridgehead atoms. The highest BCUT2D eigenvalue weighted by Crippen LogP contribution is 2.25. The summed E-state index contributed by atoms with van der Waals surface area (Å²) in [4.78, 5) is 0. The number of hydrogen-bond acceptors (Lipinski definition) is 5. The van der Waals surface area contributed by atoms with E-state index >= 15 is 0 Å². The average Bonchev–Trinajstić information content (AvgIpc) is 2.74. The van der Waals surface area contributed by atoms with Gasteiger partial charge in [0.2, 0.25) is 0 Å². The van der Waals surface area contributed by atoms with Gasteiger partial charge in [0.05, 0.1) is 12.7 Å². The van der Waals surface area contributed by atoms with E-state index in [2.05, 4.69) is 20.2 Å². The number of halogens is 3. The molecule has 0 aliphatic heterocycles. The predicted molar refractivity (Wildman–Crippen MR) is 51.2 cm³/mol. The van der Waals surface area contributed by atoms with Gasteiger partial charge in [-0.2, -0.15) is 13.2 Å². The van der Waals surface area contributed by atoms with Crippen LogP contribution in [0.4, 0.5) is 13.2 Å². The molecule has 96 valence electrons. The molecule has 0 fully saturated rings. The molecule has 6 nitrogen and oxygen atoms in total. The van der Waals surface area contributed by atoms with Crippen molar-refractivity contribution in [2.45, 2.75) is 12.7 Å². The monoisotopic (exact) mass is 252 g/mol. The van der Waals surface area contributed by atoms with Crippen LogP contribution in [0.1, 0.15) is 5.76 Å². The molecule has 0 aliphatic rings. The van der Waals surface area contributed by atoms with Gasteiger partial charge in [-0.15, -0.1) is 0 Å². The number of nitrogens with two attached hydrogens (primary N) is 1. The SMILES string of the molecule is NC(=NO)C(CNCc1ccno1)C(F)(F)F. The maximum absolute atomic E-state index is 12.5. The highest BCUT2D eigenvalue weighted by Gasteiger charge is 2.42. The third-order valence-electron chi connectivity index (χ3n) is 2.01. The van der Waals surface area contributed by atoms with Gasteiger partial charge in [-0.3, -0.25) is 0 Å². The Morgan fingerprint density at radius 2 is 2.35 bits per heavy atom. The molecule has 1 unspecified atom stereocenters. The van der Waals surface area contributed by atoms with Crippen LogP contribution in [0.15, 0.2) is 21.9 Å². The molecule has 0 aliphatic carbocycles. The van der Waals surface area contributed by atoms with Crippen molar-refractivity contribution >= 4 is 5.84 Å². The lowest BCUT2D eigenvalue weighted by Gasteiger charge is -2.18. The normalized spacial score (nSPS) is 14.9. The van der Waals surface area contributed by atoms with Crippen molar-refractivity contribution in [2.75, 3.05) is 6.54 Å². The zero-order valence-electron chi connectivity index (χ0n) is 8.61. The lowest BCUT2D eigenvalue weighted by Crippen LogP contribution is -2.42. The van der Waals surface area contributed by atoms with E-state index in [1.54, 1.807) is 0 Å². The summed E-state index contributed by atoms with van der Waals surface area (Å²) < 4.78 is 42.1. The summed E-state index contributed by atoms with van der Waals surface area (Å²) in [5, 5.41) is 16.5. The van der Waals surface area contributed by atoms with E-state index in [-0.39, 0.29) is 6.54 Å². The van der Waals surface area contributed by atoms with Gasteiger partial charge >= 0.3 is 6.18 Å². The molecule has 4 N–H and O–H groups in total. The third kappa shape index (κ3) is 3.94. The van der Waals surface area contributed by atoms with Crippen molar-refractivity contribution in [3.05, 3.63) is 18.0 Å². The largest absolute Gasteiger partial charge is 0.409 e. The lowest BCUT2D eigenvalue weighted by atomic mass is 10.1. The number of oxime groups is 1. The van der Waals surface area contributed by atoms with Crippen LogP contribution in [0.3, 0.4) is 0 Å². The van der Waals surface area contributed by atoms with Gasteiger partial charge in [0.1, 0.15) is 11.7 Å². The minimum absolute atomic E-state index is 0.0747. The third-order valence-corrected chi connectivity index (χ3v) is 2.01. The Bertz CT molecular complexity index is 363. The van der Waals surface area contributed by atoms with Crippen molar-refractivity contribution in [3.63, 3.8) is 0 Å². The Labute approximate surface area is 94.3 Å². The summed E-state index contributed by atoms with van der Waals surface area (Å²) in [5.74, 6) is -2.54. The molecule has 0 saturated heterocycles. The average molecular weight is 252 g/mol. The zero-order chi connectivity index (χ0) is 12.9. The van der Waals surface area contributed by atoms with E-state index in [1.807, 2.05) is 0 Å².